The first-order valence-electron chi connectivity index (χ1n) is 5.47. The van der Waals surface area contributed by atoms with Gasteiger partial charge in [0.25, 0.3) is 0 Å². The van der Waals surface area contributed by atoms with Crippen LogP contribution >= 0.6 is 0 Å². The SMILES string of the molecule is CCCCC(O)c1coc2ccccc12. The minimum absolute atomic E-state index is 0.395. The van der Waals surface area contributed by atoms with Gasteiger partial charge in [-0.2, -0.15) is 0 Å². The Bertz CT molecular complexity index is 431. The molecular weight excluding hydrogens is 188 g/mol. The van der Waals surface area contributed by atoms with Gasteiger partial charge in [-0.05, 0) is 12.5 Å². The van der Waals surface area contributed by atoms with Gasteiger partial charge in [-0.25, -0.2) is 0 Å². The zero-order chi connectivity index (χ0) is 10.7. The number of fused-ring (bicyclic) bond motifs is 1. The molecule has 0 aliphatic heterocycles. The summed E-state index contributed by atoms with van der Waals surface area (Å²) in [7, 11) is 0. The molecule has 0 radical (unpaired) electrons. The summed E-state index contributed by atoms with van der Waals surface area (Å²) in [6.45, 7) is 2.13. The van der Waals surface area contributed by atoms with Crippen LogP contribution in [0.25, 0.3) is 11.0 Å². The molecule has 15 heavy (non-hydrogen) atoms. The summed E-state index contributed by atoms with van der Waals surface area (Å²) in [6.07, 6.45) is 4.23. The third-order valence-electron chi connectivity index (χ3n) is 2.70. The fraction of sp³-hybridized carbons (Fsp3) is 0.385. The molecule has 1 heterocycles. The van der Waals surface area contributed by atoms with Gasteiger partial charge in [0.2, 0.25) is 0 Å². The summed E-state index contributed by atoms with van der Waals surface area (Å²) in [5, 5.41) is 11.0. The smallest absolute Gasteiger partial charge is 0.134 e. The highest BCUT2D eigenvalue weighted by molar-refractivity contribution is 5.81. The summed E-state index contributed by atoms with van der Waals surface area (Å²) in [5.74, 6) is 0. The normalized spacial score (nSPS) is 13.2. The maximum Gasteiger partial charge on any atom is 0.134 e. The molecule has 80 valence electrons. The van der Waals surface area contributed by atoms with Gasteiger partial charge in [0.1, 0.15) is 5.58 Å². The van der Waals surface area contributed by atoms with Crippen LogP contribution in [-0.4, -0.2) is 5.11 Å². The van der Waals surface area contributed by atoms with Crippen LogP contribution in [0.3, 0.4) is 0 Å². The highest BCUT2D eigenvalue weighted by Gasteiger charge is 2.13. The van der Waals surface area contributed by atoms with Crippen molar-refractivity contribution in [2.24, 2.45) is 0 Å². The zero-order valence-electron chi connectivity index (χ0n) is 8.94. The summed E-state index contributed by atoms with van der Waals surface area (Å²) in [5.41, 5.74) is 1.77. The maximum atomic E-state index is 9.98. The zero-order valence-corrected chi connectivity index (χ0v) is 8.94. The number of rotatable bonds is 4. The third-order valence-corrected chi connectivity index (χ3v) is 2.70. The van der Waals surface area contributed by atoms with Crippen LogP contribution in [0.1, 0.15) is 37.9 Å². The van der Waals surface area contributed by atoms with E-state index in [2.05, 4.69) is 6.92 Å². The van der Waals surface area contributed by atoms with Gasteiger partial charge in [0.15, 0.2) is 0 Å². The molecule has 1 atom stereocenters. The molecule has 0 saturated carbocycles. The fourth-order valence-electron chi connectivity index (χ4n) is 1.81. The van der Waals surface area contributed by atoms with Gasteiger partial charge < -0.3 is 9.52 Å². The monoisotopic (exact) mass is 204 g/mol. The molecule has 0 fully saturated rings. The molecule has 2 rings (SSSR count). The van der Waals surface area contributed by atoms with Gasteiger partial charge in [-0.1, -0.05) is 38.0 Å². The fourth-order valence-corrected chi connectivity index (χ4v) is 1.81. The standard InChI is InChI=1S/C13H16O2/c1-2-3-7-12(14)11-9-15-13-8-5-4-6-10(11)13/h4-6,8-9,12,14H,2-3,7H2,1H3. The molecule has 2 heteroatoms. The highest BCUT2D eigenvalue weighted by Crippen LogP contribution is 2.28. The van der Waals surface area contributed by atoms with E-state index in [0.717, 1.165) is 35.8 Å². The van der Waals surface area contributed by atoms with Crippen LogP contribution in [0.2, 0.25) is 0 Å². The van der Waals surface area contributed by atoms with E-state index in [1.54, 1.807) is 6.26 Å². The Hall–Kier alpha value is -1.28. The van der Waals surface area contributed by atoms with Crippen molar-refractivity contribution in [1.29, 1.82) is 0 Å². The van der Waals surface area contributed by atoms with Crippen molar-refractivity contribution in [1.82, 2.24) is 0 Å². The first-order chi connectivity index (χ1) is 7.33. The van der Waals surface area contributed by atoms with E-state index in [9.17, 15) is 5.11 Å². The molecule has 0 aliphatic rings. The van der Waals surface area contributed by atoms with E-state index in [-0.39, 0.29) is 0 Å². The molecule has 1 aromatic carbocycles. The van der Waals surface area contributed by atoms with E-state index >= 15 is 0 Å². The molecule has 1 unspecified atom stereocenters. The van der Waals surface area contributed by atoms with Crippen LogP contribution in [0.4, 0.5) is 0 Å². The Kier molecular flexibility index (Phi) is 3.07. The van der Waals surface area contributed by atoms with Crippen LogP contribution < -0.4 is 0 Å². The largest absolute Gasteiger partial charge is 0.464 e. The first-order valence-corrected chi connectivity index (χ1v) is 5.47. The Morgan fingerprint density at radius 2 is 2.13 bits per heavy atom. The van der Waals surface area contributed by atoms with E-state index in [1.165, 1.54) is 0 Å². The van der Waals surface area contributed by atoms with E-state index in [4.69, 9.17) is 4.42 Å². The predicted molar refractivity (Wildman–Crippen MR) is 60.7 cm³/mol. The van der Waals surface area contributed by atoms with E-state index in [0.29, 0.717) is 0 Å². The Morgan fingerprint density at radius 1 is 1.33 bits per heavy atom. The summed E-state index contributed by atoms with van der Waals surface area (Å²) in [4.78, 5) is 0. The second-order valence-corrected chi connectivity index (χ2v) is 3.85. The topological polar surface area (TPSA) is 33.4 Å². The summed E-state index contributed by atoms with van der Waals surface area (Å²) in [6, 6.07) is 7.82. The average molecular weight is 204 g/mol. The van der Waals surface area contributed by atoms with Crippen LogP contribution in [0.15, 0.2) is 34.9 Å². The van der Waals surface area contributed by atoms with E-state index in [1.807, 2.05) is 24.3 Å². The first kappa shape index (κ1) is 10.2. The molecule has 0 spiro atoms. The Balaban J connectivity index is 2.27. The van der Waals surface area contributed by atoms with E-state index < -0.39 is 6.10 Å². The molecule has 0 amide bonds. The number of hydrogen-bond donors (Lipinski definition) is 1. The molecule has 1 N–H and O–H groups in total. The predicted octanol–water partition coefficient (Wildman–Crippen LogP) is 3.66. The van der Waals surface area contributed by atoms with Crippen molar-refractivity contribution in [3.8, 4) is 0 Å². The molecule has 1 aromatic heterocycles. The number of para-hydroxylation sites is 1. The number of unbranched alkanes of at least 4 members (excludes halogenated alkanes) is 1. The minimum atomic E-state index is -0.395. The Morgan fingerprint density at radius 3 is 2.93 bits per heavy atom. The molecule has 2 nitrogen and oxygen atoms in total. The lowest BCUT2D eigenvalue weighted by Gasteiger charge is -2.07. The van der Waals surface area contributed by atoms with Crippen LogP contribution in [0.5, 0.6) is 0 Å². The third kappa shape index (κ3) is 2.05. The summed E-state index contributed by atoms with van der Waals surface area (Å²) >= 11 is 0. The lowest BCUT2D eigenvalue weighted by atomic mass is 10.0. The Labute approximate surface area is 89.5 Å². The molecule has 0 bridgehead atoms. The second-order valence-electron chi connectivity index (χ2n) is 3.85. The van der Waals surface area contributed by atoms with Gasteiger partial charge in [-0.15, -0.1) is 0 Å². The van der Waals surface area contributed by atoms with Crippen molar-refractivity contribution in [2.75, 3.05) is 0 Å². The number of hydrogen-bond acceptors (Lipinski definition) is 2. The number of aliphatic hydroxyl groups is 1. The number of aliphatic hydroxyl groups excluding tert-OH is 1. The van der Waals surface area contributed by atoms with Crippen molar-refractivity contribution >= 4 is 11.0 Å². The van der Waals surface area contributed by atoms with Gasteiger partial charge >= 0.3 is 0 Å². The van der Waals surface area contributed by atoms with Crippen LogP contribution in [-0.2, 0) is 0 Å². The molecule has 2 aromatic rings. The maximum absolute atomic E-state index is 9.98. The van der Waals surface area contributed by atoms with Crippen molar-refractivity contribution in [3.05, 3.63) is 36.1 Å². The average Bonchev–Trinajstić information content (AvgIpc) is 2.69. The van der Waals surface area contributed by atoms with Gasteiger partial charge in [0.05, 0.1) is 12.4 Å². The van der Waals surface area contributed by atoms with Gasteiger partial charge in [0, 0.05) is 10.9 Å². The van der Waals surface area contributed by atoms with Crippen LogP contribution in [0, 0.1) is 0 Å². The summed E-state index contributed by atoms with van der Waals surface area (Å²) < 4.78 is 5.39. The number of furan rings is 1. The highest BCUT2D eigenvalue weighted by atomic mass is 16.3. The van der Waals surface area contributed by atoms with Gasteiger partial charge in [-0.3, -0.25) is 0 Å². The quantitative estimate of drug-likeness (QED) is 0.824. The molecule has 0 saturated heterocycles. The van der Waals surface area contributed by atoms with Crippen molar-refractivity contribution < 1.29 is 9.52 Å². The lowest BCUT2D eigenvalue weighted by molar-refractivity contribution is 0.164. The second kappa shape index (κ2) is 4.49. The lowest BCUT2D eigenvalue weighted by Crippen LogP contribution is -1.95. The van der Waals surface area contributed by atoms with Crippen molar-refractivity contribution in [3.63, 3.8) is 0 Å². The number of benzene rings is 1. The molecule has 0 aliphatic carbocycles. The molecular formula is C13H16O2. The van der Waals surface area contributed by atoms with Crippen molar-refractivity contribution in [2.45, 2.75) is 32.3 Å². The minimum Gasteiger partial charge on any atom is -0.464 e.